The maximum absolute atomic E-state index is 13.3. The van der Waals surface area contributed by atoms with Gasteiger partial charge in [0.05, 0.1) is 11.4 Å². The van der Waals surface area contributed by atoms with Crippen LogP contribution in [0, 0.1) is 18.6 Å². The lowest BCUT2D eigenvalue weighted by molar-refractivity contribution is 0.405. The third-order valence-corrected chi connectivity index (χ3v) is 2.23. The Kier molecular flexibility index (Phi) is 2.91. The molecule has 0 spiro atoms. The molecule has 0 fully saturated rings. The normalized spacial score (nSPS) is 10.3. The van der Waals surface area contributed by atoms with Gasteiger partial charge in [0, 0.05) is 6.07 Å². The predicted octanol–water partition coefficient (Wildman–Crippen LogP) is 3.04. The number of nitrogens with zero attached hydrogens (tertiary/aromatic N) is 1. The zero-order valence-electron chi connectivity index (χ0n) is 9.08. The molecule has 0 amide bonds. The number of nitrogens with two attached hydrogens (primary N) is 1. The molecule has 0 bridgehead atoms. The topological polar surface area (TPSA) is 48.1 Å². The first-order chi connectivity index (χ1) is 8.08. The SMILES string of the molecule is Cc1nc(Oc2cccc(F)c2F)ccc1N. The van der Waals surface area contributed by atoms with Gasteiger partial charge in [-0.05, 0) is 25.1 Å². The summed E-state index contributed by atoms with van der Waals surface area (Å²) in [5.41, 5.74) is 6.66. The summed E-state index contributed by atoms with van der Waals surface area (Å²) in [6.45, 7) is 1.70. The molecule has 0 aliphatic carbocycles. The van der Waals surface area contributed by atoms with E-state index in [4.69, 9.17) is 10.5 Å². The standard InChI is InChI=1S/C12H10F2N2O/c1-7-9(15)5-6-11(16-7)17-10-4-2-3-8(13)12(10)14/h2-6H,15H2,1H3. The number of benzene rings is 1. The van der Waals surface area contributed by atoms with E-state index < -0.39 is 11.6 Å². The minimum atomic E-state index is -1.04. The van der Waals surface area contributed by atoms with Gasteiger partial charge in [0.15, 0.2) is 11.6 Å². The number of aromatic nitrogens is 1. The Morgan fingerprint density at radius 1 is 1.18 bits per heavy atom. The van der Waals surface area contributed by atoms with Crippen LogP contribution in [0.2, 0.25) is 0 Å². The van der Waals surface area contributed by atoms with Crippen molar-refractivity contribution in [3.05, 3.63) is 47.7 Å². The molecule has 88 valence electrons. The molecule has 2 rings (SSSR count). The summed E-state index contributed by atoms with van der Waals surface area (Å²) in [6.07, 6.45) is 0. The number of pyridine rings is 1. The van der Waals surface area contributed by atoms with Crippen LogP contribution in [0.15, 0.2) is 30.3 Å². The number of rotatable bonds is 2. The molecular formula is C12H10F2N2O. The maximum Gasteiger partial charge on any atom is 0.219 e. The summed E-state index contributed by atoms with van der Waals surface area (Å²) in [5.74, 6) is -2.04. The molecule has 0 aliphatic rings. The third-order valence-electron chi connectivity index (χ3n) is 2.23. The first kappa shape index (κ1) is 11.3. The molecule has 0 aliphatic heterocycles. The summed E-state index contributed by atoms with van der Waals surface area (Å²) >= 11 is 0. The maximum atomic E-state index is 13.3. The zero-order valence-corrected chi connectivity index (χ0v) is 9.08. The van der Waals surface area contributed by atoms with E-state index >= 15 is 0 Å². The molecule has 5 heteroatoms. The van der Waals surface area contributed by atoms with E-state index in [0.29, 0.717) is 11.4 Å². The van der Waals surface area contributed by atoms with Crippen molar-refractivity contribution in [1.82, 2.24) is 4.98 Å². The highest BCUT2D eigenvalue weighted by molar-refractivity contribution is 5.44. The third kappa shape index (κ3) is 2.33. The van der Waals surface area contributed by atoms with E-state index in [1.807, 2.05) is 0 Å². The molecule has 2 aromatic rings. The van der Waals surface area contributed by atoms with E-state index in [0.717, 1.165) is 6.07 Å². The van der Waals surface area contributed by atoms with Crippen LogP contribution in [0.25, 0.3) is 0 Å². The number of anilines is 1. The highest BCUT2D eigenvalue weighted by Crippen LogP contribution is 2.25. The molecule has 0 unspecified atom stereocenters. The quantitative estimate of drug-likeness (QED) is 0.871. The Bertz CT molecular complexity index is 558. The van der Waals surface area contributed by atoms with E-state index in [1.54, 1.807) is 13.0 Å². The Morgan fingerprint density at radius 2 is 1.94 bits per heavy atom. The number of ether oxygens (including phenoxy) is 1. The number of hydrogen-bond acceptors (Lipinski definition) is 3. The molecule has 2 N–H and O–H groups in total. The van der Waals surface area contributed by atoms with E-state index in [1.165, 1.54) is 18.2 Å². The van der Waals surface area contributed by atoms with Gasteiger partial charge in [-0.2, -0.15) is 4.39 Å². The lowest BCUT2D eigenvalue weighted by Gasteiger charge is -2.07. The Labute approximate surface area is 96.9 Å². The van der Waals surface area contributed by atoms with Gasteiger partial charge >= 0.3 is 0 Å². The summed E-state index contributed by atoms with van der Waals surface area (Å²) in [6, 6.07) is 6.79. The van der Waals surface area contributed by atoms with Crippen molar-refractivity contribution in [3.8, 4) is 11.6 Å². The Hall–Kier alpha value is -2.17. The second-order valence-corrected chi connectivity index (χ2v) is 3.48. The number of aryl methyl sites for hydroxylation is 1. The molecule has 1 heterocycles. The van der Waals surface area contributed by atoms with Crippen LogP contribution in [-0.2, 0) is 0 Å². The molecular weight excluding hydrogens is 226 g/mol. The van der Waals surface area contributed by atoms with E-state index in [9.17, 15) is 8.78 Å². The molecule has 1 aromatic carbocycles. The van der Waals surface area contributed by atoms with Crippen LogP contribution in [-0.4, -0.2) is 4.98 Å². The summed E-state index contributed by atoms with van der Waals surface area (Å²) in [5, 5.41) is 0. The van der Waals surface area contributed by atoms with E-state index in [2.05, 4.69) is 4.98 Å². The number of hydrogen-bond donors (Lipinski definition) is 1. The van der Waals surface area contributed by atoms with Crippen LogP contribution in [0.3, 0.4) is 0 Å². The van der Waals surface area contributed by atoms with Gasteiger partial charge in [0.1, 0.15) is 0 Å². The lowest BCUT2D eigenvalue weighted by atomic mass is 10.3. The minimum Gasteiger partial charge on any atom is -0.436 e. The van der Waals surface area contributed by atoms with Crippen molar-refractivity contribution in [3.63, 3.8) is 0 Å². The number of halogens is 2. The average molecular weight is 236 g/mol. The molecule has 3 nitrogen and oxygen atoms in total. The summed E-state index contributed by atoms with van der Waals surface area (Å²) < 4.78 is 31.4. The zero-order chi connectivity index (χ0) is 12.4. The first-order valence-electron chi connectivity index (χ1n) is 4.93. The van der Waals surface area contributed by atoms with Gasteiger partial charge in [0.2, 0.25) is 11.7 Å². The average Bonchev–Trinajstić information content (AvgIpc) is 2.30. The largest absolute Gasteiger partial charge is 0.436 e. The van der Waals surface area contributed by atoms with Crippen molar-refractivity contribution < 1.29 is 13.5 Å². The fourth-order valence-corrected chi connectivity index (χ4v) is 1.28. The highest BCUT2D eigenvalue weighted by atomic mass is 19.2. The van der Waals surface area contributed by atoms with Gasteiger partial charge in [-0.25, -0.2) is 9.37 Å². The van der Waals surface area contributed by atoms with Crippen LogP contribution in [0.4, 0.5) is 14.5 Å². The van der Waals surface area contributed by atoms with Crippen LogP contribution < -0.4 is 10.5 Å². The molecule has 0 atom stereocenters. The van der Waals surface area contributed by atoms with Crippen LogP contribution in [0.1, 0.15) is 5.69 Å². The van der Waals surface area contributed by atoms with Crippen molar-refractivity contribution >= 4 is 5.69 Å². The molecule has 17 heavy (non-hydrogen) atoms. The molecule has 0 saturated carbocycles. The molecule has 0 radical (unpaired) electrons. The first-order valence-corrected chi connectivity index (χ1v) is 4.93. The van der Waals surface area contributed by atoms with Crippen molar-refractivity contribution in [2.24, 2.45) is 0 Å². The van der Waals surface area contributed by atoms with Crippen LogP contribution >= 0.6 is 0 Å². The number of nitrogen functional groups attached to an aromatic ring is 1. The van der Waals surface area contributed by atoms with Gasteiger partial charge in [-0.1, -0.05) is 6.07 Å². The monoisotopic (exact) mass is 236 g/mol. The Balaban J connectivity index is 2.31. The fourth-order valence-electron chi connectivity index (χ4n) is 1.28. The second kappa shape index (κ2) is 4.37. The van der Waals surface area contributed by atoms with Crippen LogP contribution in [0.5, 0.6) is 11.6 Å². The van der Waals surface area contributed by atoms with Crippen molar-refractivity contribution in [1.29, 1.82) is 0 Å². The van der Waals surface area contributed by atoms with Crippen molar-refractivity contribution in [2.45, 2.75) is 6.92 Å². The highest BCUT2D eigenvalue weighted by Gasteiger charge is 2.10. The summed E-state index contributed by atoms with van der Waals surface area (Å²) in [4.78, 5) is 4.00. The van der Waals surface area contributed by atoms with Gasteiger partial charge < -0.3 is 10.5 Å². The fraction of sp³-hybridized carbons (Fsp3) is 0.0833. The van der Waals surface area contributed by atoms with Gasteiger partial charge in [-0.3, -0.25) is 0 Å². The van der Waals surface area contributed by atoms with Crippen molar-refractivity contribution in [2.75, 3.05) is 5.73 Å². The minimum absolute atomic E-state index is 0.168. The van der Waals surface area contributed by atoms with Gasteiger partial charge in [0.25, 0.3) is 0 Å². The molecule has 1 aromatic heterocycles. The van der Waals surface area contributed by atoms with Gasteiger partial charge in [-0.15, -0.1) is 0 Å². The smallest absolute Gasteiger partial charge is 0.219 e. The lowest BCUT2D eigenvalue weighted by Crippen LogP contribution is -1.97. The Morgan fingerprint density at radius 3 is 2.65 bits per heavy atom. The second-order valence-electron chi connectivity index (χ2n) is 3.48. The summed E-state index contributed by atoms with van der Waals surface area (Å²) in [7, 11) is 0. The van der Waals surface area contributed by atoms with E-state index in [-0.39, 0.29) is 11.6 Å². The predicted molar refractivity (Wildman–Crippen MR) is 59.8 cm³/mol. The molecule has 0 saturated heterocycles.